The van der Waals surface area contributed by atoms with Gasteiger partial charge in [0.15, 0.2) is 0 Å². The molecule has 20 heavy (non-hydrogen) atoms. The monoisotopic (exact) mass is 274 g/mol. The van der Waals surface area contributed by atoms with Gasteiger partial charge in [-0.2, -0.15) is 0 Å². The first-order valence-corrected chi connectivity index (χ1v) is 7.50. The topological polar surface area (TPSA) is 32.8 Å². The summed E-state index contributed by atoms with van der Waals surface area (Å²) < 4.78 is 5.38. The Bertz CT molecular complexity index is 451. The van der Waals surface area contributed by atoms with Crippen LogP contribution >= 0.6 is 0 Å². The number of para-hydroxylation sites is 1. The van der Waals surface area contributed by atoms with Crippen LogP contribution in [0.15, 0.2) is 30.3 Å². The third kappa shape index (κ3) is 3.12. The van der Waals surface area contributed by atoms with Gasteiger partial charge in [-0.3, -0.25) is 4.90 Å². The van der Waals surface area contributed by atoms with E-state index in [4.69, 9.17) is 4.74 Å². The summed E-state index contributed by atoms with van der Waals surface area (Å²) in [6.45, 7) is 5.77. The molecule has 0 bridgehead atoms. The van der Waals surface area contributed by atoms with Crippen LogP contribution in [0.1, 0.15) is 19.8 Å². The molecule has 4 nitrogen and oxygen atoms in total. The molecule has 4 heteroatoms. The van der Waals surface area contributed by atoms with E-state index in [-0.39, 0.29) is 6.09 Å². The fourth-order valence-electron chi connectivity index (χ4n) is 2.84. The number of rotatable bonds is 3. The highest BCUT2D eigenvalue weighted by Gasteiger charge is 2.34. The molecule has 1 amide bonds. The Kier molecular flexibility index (Phi) is 3.92. The number of carbonyl (C=O) groups is 1. The van der Waals surface area contributed by atoms with Crippen molar-refractivity contribution in [3.63, 3.8) is 0 Å². The number of ether oxygens (including phenoxy) is 1. The summed E-state index contributed by atoms with van der Waals surface area (Å²) in [4.78, 5) is 16.4. The number of nitrogens with zero attached hydrogens (tertiary/aromatic N) is 2. The number of benzene rings is 1. The van der Waals surface area contributed by atoms with Gasteiger partial charge < -0.3 is 9.64 Å². The van der Waals surface area contributed by atoms with E-state index in [0.29, 0.717) is 11.8 Å². The molecule has 2 aliphatic rings. The van der Waals surface area contributed by atoms with Crippen molar-refractivity contribution in [1.29, 1.82) is 0 Å². The molecule has 1 atom stereocenters. The van der Waals surface area contributed by atoms with Crippen LogP contribution in [0.2, 0.25) is 0 Å². The van der Waals surface area contributed by atoms with E-state index >= 15 is 0 Å². The molecule has 0 radical (unpaired) electrons. The van der Waals surface area contributed by atoms with E-state index in [0.717, 1.165) is 32.1 Å². The van der Waals surface area contributed by atoms with Crippen molar-refractivity contribution in [2.24, 2.45) is 5.92 Å². The van der Waals surface area contributed by atoms with Gasteiger partial charge in [0.05, 0.1) is 0 Å². The van der Waals surface area contributed by atoms with Gasteiger partial charge in [-0.1, -0.05) is 18.2 Å². The standard InChI is InChI=1S/C16H22N2O2/c1-13(14-7-8-14)17-9-11-18(12-10-17)16(19)20-15-5-3-2-4-6-15/h2-6,13-14H,7-12H2,1H3. The van der Waals surface area contributed by atoms with Crippen molar-refractivity contribution in [3.8, 4) is 5.75 Å². The molecule has 0 spiro atoms. The van der Waals surface area contributed by atoms with Crippen LogP contribution in [-0.2, 0) is 0 Å². The van der Waals surface area contributed by atoms with Gasteiger partial charge in [0.2, 0.25) is 0 Å². The lowest BCUT2D eigenvalue weighted by Crippen LogP contribution is -2.52. The fraction of sp³-hybridized carbons (Fsp3) is 0.562. The maximum atomic E-state index is 12.1. The Morgan fingerprint density at radius 1 is 1.15 bits per heavy atom. The van der Waals surface area contributed by atoms with Crippen LogP contribution in [0.4, 0.5) is 4.79 Å². The highest BCUT2D eigenvalue weighted by molar-refractivity contribution is 5.70. The van der Waals surface area contributed by atoms with Crippen molar-refractivity contribution < 1.29 is 9.53 Å². The summed E-state index contributed by atoms with van der Waals surface area (Å²) in [6.07, 6.45) is 2.52. The van der Waals surface area contributed by atoms with Gasteiger partial charge in [-0.05, 0) is 37.8 Å². The molecular weight excluding hydrogens is 252 g/mol. The second-order valence-electron chi connectivity index (χ2n) is 5.78. The van der Waals surface area contributed by atoms with Gasteiger partial charge in [0, 0.05) is 32.2 Å². The molecule has 0 aromatic heterocycles. The molecule has 3 rings (SSSR count). The lowest BCUT2D eigenvalue weighted by molar-refractivity contribution is 0.0873. The van der Waals surface area contributed by atoms with Crippen LogP contribution in [-0.4, -0.2) is 48.1 Å². The summed E-state index contributed by atoms with van der Waals surface area (Å²) in [7, 11) is 0. The van der Waals surface area contributed by atoms with E-state index < -0.39 is 0 Å². The van der Waals surface area contributed by atoms with Gasteiger partial charge in [-0.25, -0.2) is 4.79 Å². The Balaban J connectivity index is 1.49. The third-order valence-electron chi connectivity index (χ3n) is 4.40. The number of hydrogen-bond donors (Lipinski definition) is 0. The molecule has 1 aliphatic heterocycles. The number of hydrogen-bond acceptors (Lipinski definition) is 3. The summed E-state index contributed by atoms with van der Waals surface area (Å²) in [5.41, 5.74) is 0. The van der Waals surface area contributed by atoms with Crippen molar-refractivity contribution in [2.45, 2.75) is 25.8 Å². The molecule has 1 heterocycles. The highest BCUT2D eigenvalue weighted by atomic mass is 16.6. The zero-order valence-electron chi connectivity index (χ0n) is 12.0. The van der Waals surface area contributed by atoms with Crippen molar-refractivity contribution in [2.75, 3.05) is 26.2 Å². The van der Waals surface area contributed by atoms with Gasteiger partial charge in [0.1, 0.15) is 5.75 Å². The largest absolute Gasteiger partial charge is 0.415 e. The molecule has 1 saturated carbocycles. The number of amides is 1. The van der Waals surface area contributed by atoms with Crippen LogP contribution in [0, 0.1) is 5.92 Å². The van der Waals surface area contributed by atoms with Crippen LogP contribution in [0.25, 0.3) is 0 Å². The molecule has 108 valence electrons. The maximum absolute atomic E-state index is 12.1. The molecular formula is C16H22N2O2. The first kappa shape index (κ1) is 13.4. The smallest absolute Gasteiger partial charge is 0.410 e. The summed E-state index contributed by atoms with van der Waals surface area (Å²) >= 11 is 0. The Morgan fingerprint density at radius 3 is 2.40 bits per heavy atom. The Labute approximate surface area is 120 Å². The van der Waals surface area contributed by atoms with Crippen molar-refractivity contribution >= 4 is 6.09 Å². The SMILES string of the molecule is CC(C1CC1)N1CCN(C(=O)Oc2ccccc2)CC1. The van der Waals surface area contributed by atoms with Crippen LogP contribution < -0.4 is 4.74 Å². The average molecular weight is 274 g/mol. The van der Waals surface area contributed by atoms with Gasteiger partial charge >= 0.3 is 6.09 Å². The van der Waals surface area contributed by atoms with Crippen LogP contribution in [0.3, 0.4) is 0 Å². The second kappa shape index (κ2) is 5.83. The molecule has 0 N–H and O–H groups in total. The summed E-state index contributed by atoms with van der Waals surface area (Å²) in [5.74, 6) is 1.50. The first-order valence-electron chi connectivity index (χ1n) is 7.50. The highest BCUT2D eigenvalue weighted by Crippen LogP contribution is 2.35. The molecule has 1 aliphatic carbocycles. The van der Waals surface area contributed by atoms with E-state index in [2.05, 4.69) is 11.8 Å². The average Bonchev–Trinajstić information content (AvgIpc) is 3.32. The van der Waals surface area contributed by atoms with Crippen molar-refractivity contribution in [1.82, 2.24) is 9.80 Å². The molecule has 1 aromatic rings. The molecule has 1 saturated heterocycles. The van der Waals surface area contributed by atoms with E-state index in [9.17, 15) is 4.79 Å². The van der Waals surface area contributed by atoms with Crippen molar-refractivity contribution in [3.05, 3.63) is 30.3 Å². The quantitative estimate of drug-likeness (QED) is 0.849. The number of piperazine rings is 1. The van der Waals surface area contributed by atoms with E-state index in [1.165, 1.54) is 12.8 Å². The summed E-state index contributed by atoms with van der Waals surface area (Å²) in [6, 6.07) is 9.94. The lowest BCUT2D eigenvalue weighted by atomic mass is 10.1. The minimum absolute atomic E-state index is 0.227. The maximum Gasteiger partial charge on any atom is 0.415 e. The first-order chi connectivity index (χ1) is 9.74. The third-order valence-corrected chi connectivity index (χ3v) is 4.40. The minimum Gasteiger partial charge on any atom is -0.410 e. The second-order valence-corrected chi connectivity index (χ2v) is 5.78. The Hall–Kier alpha value is -1.55. The minimum atomic E-state index is -0.227. The van der Waals surface area contributed by atoms with Crippen LogP contribution in [0.5, 0.6) is 5.75 Å². The molecule has 2 fully saturated rings. The lowest BCUT2D eigenvalue weighted by Gasteiger charge is -2.37. The normalized spacial score (nSPS) is 21.6. The van der Waals surface area contributed by atoms with E-state index in [1.54, 1.807) is 0 Å². The van der Waals surface area contributed by atoms with Gasteiger partial charge in [-0.15, -0.1) is 0 Å². The number of carbonyl (C=O) groups excluding carboxylic acids is 1. The zero-order valence-corrected chi connectivity index (χ0v) is 12.0. The van der Waals surface area contributed by atoms with Gasteiger partial charge in [0.25, 0.3) is 0 Å². The molecule has 1 unspecified atom stereocenters. The predicted octanol–water partition coefficient (Wildman–Crippen LogP) is 2.60. The van der Waals surface area contributed by atoms with E-state index in [1.807, 2.05) is 35.2 Å². The summed E-state index contributed by atoms with van der Waals surface area (Å²) in [5, 5.41) is 0. The zero-order chi connectivity index (χ0) is 13.9. The predicted molar refractivity (Wildman–Crippen MR) is 77.8 cm³/mol. The Morgan fingerprint density at radius 2 is 1.80 bits per heavy atom. The molecule has 1 aromatic carbocycles. The fourth-order valence-corrected chi connectivity index (χ4v) is 2.84.